The Morgan fingerprint density at radius 1 is 1.07 bits per heavy atom. The number of carbonyl (C=O) groups excluding carboxylic acids is 1. The van der Waals surface area contributed by atoms with Gasteiger partial charge in [-0.3, -0.25) is 4.79 Å². The van der Waals surface area contributed by atoms with Crippen LogP contribution in [0.1, 0.15) is 69.6 Å². The van der Waals surface area contributed by atoms with Crippen molar-refractivity contribution in [2.45, 2.75) is 70.6 Å². The minimum absolute atomic E-state index is 0.121. The van der Waals surface area contributed by atoms with Gasteiger partial charge in [-0.05, 0) is 62.1 Å². The van der Waals surface area contributed by atoms with Crippen LogP contribution < -0.4 is 19.1 Å². The molecule has 10 heteroatoms. The van der Waals surface area contributed by atoms with Gasteiger partial charge in [-0.2, -0.15) is 13.4 Å². The first-order chi connectivity index (χ1) is 18.7. The van der Waals surface area contributed by atoms with Crippen LogP contribution >= 0.6 is 0 Å². The molecule has 0 bridgehead atoms. The number of anilines is 1. The number of sulfonamides is 1. The number of hydrogen-bond donors (Lipinski definition) is 1. The number of nitrogens with one attached hydrogen (secondary N) is 1. The van der Waals surface area contributed by atoms with Gasteiger partial charge in [-0.25, -0.2) is 9.71 Å². The van der Waals surface area contributed by atoms with Crippen molar-refractivity contribution in [1.82, 2.24) is 14.7 Å². The highest BCUT2D eigenvalue weighted by Crippen LogP contribution is 2.38. The van der Waals surface area contributed by atoms with E-state index in [2.05, 4.69) is 56.1 Å². The van der Waals surface area contributed by atoms with Crippen molar-refractivity contribution in [3.05, 3.63) is 71.4 Å². The maximum Gasteiger partial charge on any atom is 0.281 e. The number of ether oxygens (including phenoxy) is 2. The quantitative estimate of drug-likeness (QED) is 0.401. The molecular weight excluding hydrogens is 528 g/mol. The third-order valence-electron chi connectivity index (χ3n) is 6.96. The first-order valence-corrected chi connectivity index (χ1v) is 14.8. The lowest BCUT2D eigenvalue weighted by Gasteiger charge is -2.34. The smallest absolute Gasteiger partial charge is 0.281 e. The summed E-state index contributed by atoms with van der Waals surface area (Å²) in [5, 5.41) is -0.316. The number of carbonyl (C=O) groups is 1. The molecule has 0 saturated carbocycles. The standard InChI is InChI=1S/C30H38N4O5S/c1-20-17-30(5,6)34(18-20)27-23(15-16-24(31-27)29(2,3)4)28(35)33-40(36,37)26-10-8-9-25(32-26)39-19-21-11-13-22(38-7)14-12-21/h8-16,20H,17-19H2,1-7H3,(H,33,35). The lowest BCUT2D eigenvalue weighted by atomic mass is 9.91. The van der Waals surface area contributed by atoms with Gasteiger partial charge >= 0.3 is 0 Å². The minimum atomic E-state index is -4.29. The van der Waals surface area contributed by atoms with Gasteiger partial charge in [0, 0.05) is 29.3 Å². The molecule has 3 heterocycles. The van der Waals surface area contributed by atoms with Crippen molar-refractivity contribution in [3.63, 3.8) is 0 Å². The van der Waals surface area contributed by atoms with E-state index in [1.54, 1.807) is 25.3 Å². The molecule has 1 N–H and O–H groups in total. The van der Waals surface area contributed by atoms with Crippen LogP contribution in [0, 0.1) is 5.92 Å². The molecule has 1 saturated heterocycles. The zero-order valence-electron chi connectivity index (χ0n) is 24.2. The molecule has 3 aromatic rings. The van der Waals surface area contributed by atoms with E-state index in [0.29, 0.717) is 11.7 Å². The Morgan fingerprint density at radius 3 is 2.38 bits per heavy atom. The molecule has 0 radical (unpaired) electrons. The summed E-state index contributed by atoms with van der Waals surface area (Å²) in [5.41, 5.74) is 1.39. The number of nitrogens with zero attached hydrogens (tertiary/aromatic N) is 3. The van der Waals surface area contributed by atoms with Gasteiger partial charge < -0.3 is 14.4 Å². The lowest BCUT2D eigenvalue weighted by Crippen LogP contribution is -2.41. The Labute approximate surface area is 237 Å². The van der Waals surface area contributed by atoms with Gasteiger partial charge in [-0.15, -0.1) is 0 Å². The van der Waals surface area contributed by atoms with Gasteiger partial charge in [-0.1, -0.05) is 45.9 Å². The molecular formula is C30H38N4O5S. The molecule has 1 aromatic carbocycles. The van der Waals surface area contributed by atoms with Crippen molar-refractivity contribution >= 4 is 21.7 Å². The van der Waals surface area contributed by atoms with E-state index >= 15 is 0 Å². The molecule has 214 valence electrons. The van der Waals surface area contributed by atoms with E-state index in [4.69, 9.17) is 14.5 Å². The normalized spacial score (nSPS) is 17.0. The molecule has 4 rings (SSSR count). The molecule has 1 unspecified atom stereocenters. The van der Waals surface area contributed by atoms with E-state index in [0.717, 1.165) is 30.0 Å². The maximum atomic E-state index is 13.5. The summed E-state index contributed by atoms with van der Waals surface area (Å²) in [5.74, 6) is 0.971. The van der Waals surface area contributed by atoms with Crippen LogP contribution in [-0.4, -0.2) is 43.5 Å². The van der Waals surface area contributed by atoms with Crippen LogP contribution in [0.4, 0.5) is 5.82 Å². The fourth-order valence-corrected chi connectivity index (χ4v) is 5.87. The highest BCUT2D eigenvalue weighted by molar-refractivity contribution is 7.90. The van der Waals surface area contributed by atoms with Crippen molar-refractivity contribution < 1.29 is 22.7 Å². The second-order valence-electron chi connectivity index (χ2n) is 11.9. The summed E-state index contributed by atoms with van der Waals surface area (Å²) in [6.45, 7) is 13.4. The highest BCUT2D eigenvalue weighted by atomic mass is 32.2. The SMILES string of the molecule is COc1ccc(COc2cccc(S(=O)(=O)NC(=O)c3ccc(C(C)(C)C)nc3N3CC(C)CC3(C)C)n2)cc1. The number of rotatable bonds is 8. The molecule has 1 aliphatic heterocycles. The first-order valence-electron chi connectivity index (χ1n) is 13.3. The lowest BCUT2D eigenvalue weighted by molar-refractivity contribution is 0.0981. The molecule has 2 aromatic heterocycles. The largest absolute Gasteiger partial charge is 0.497 e. The van der Waals surface area contributed by atoms with Crippen LogP contribution in [0.5, 0.6) is 11.6 Å². The summed E-state index contributed by atoms with van der Waals surface area (Å²) in [6, 6.07) is 15.2. The first kappa shape index (κ1) is 29.3. The zero-order valence-corrected chi connectivity index (χ0v) is 25.0. The average molecular weight is 567 g/mol. The number of benzene rings is 1. The van der Waals surface area contributed by atoms with Gasteiger partial charge in [0.2, 0.25) is 5.88 Å². The fourth-order valence-electron chi connectivity index (χ4n) is 4.94. The Kier molecular flexibility index (Phi) is 8.12. The Morgan fingerprint density at radius 2 is 1.77 bits per heavy atom. The monoisotopic (exact) mass is 566 g/mol. The molecule has 1 atom stereocenters. The van der Waals surface area contributed by atoms with Crippen LogP contribution in [0.3, 0.4) is 0 Å². The molecule has 40 heavy (non-hydrogen) atoms. The molecule has 1 aliphatic rings. The van der Waals surface area contributed by atoms with Gasteiger partial charge in [0.1, 0.15) is 18.2 Å². The zero-order chi connectivity index (χ0) is 29.3. The topological polar surface area (TPSA) is 111 Å². The van der Waals surface area contributed by atoms with E-state index in [9.17, 15) is 13.2 Å². The fraction of sp³-hybridized carbons (Fsp3) is 0.433. The summed E-state index contributed by atoms with van der Waals surface area (Å²) >= 11 is 0. The van der Waals surface area contributed by atoms with Crippen LogP contribution in [0.15, 0.2) is 59.6 Å². The maximum absolute atomic E-state index is 13.5. The second-order valence-corrected chi connectivity index (χ2v) is 13.6. The Hall–Kier alpha value is -3.66. The second kappa shape index (κ2) is 11.1. The van der Waals surface area contributed by atoms with Gasteiger partial charge in [0.15, 0.2) is 5.03 Å². The average Bonchev–Trinajstić information content (AvgIpc) is 3.18. The number of amides is 1. The van der Waals surface area contributed by atoms with E-state index in [1.165, 1.54) is 12.1 Å². The third kappa shape index (κ3) is 6.55. The highest BCUT2D eigenvalue weighted by Gasteiger charge is 2.39. The molecule has 1 amide bonds. The van der Waals surface area contributed by atoms with E-state index in [1.807, 2.05) is 24.3 Å². The summed E-state index contributed by atoms with van der Waals surface area (Å²) in [4.78, 5) is 24.6. The number of methoxy groups -OCH3 is 1. The van der Waals surface area contributed by atoms with Gasteiger partial charge in [0.25, 0.3) is 15.9 Å². The van der Waals surface area contributed by atoms with Crippen LogP contribution in [-0.2, 0) is 22.0 Å². The van der Waals surface area contributed by atoms with Crippen molar-refractivity contribution in [2.24, 2.45) is 5.92 Å². The predicted octanol–water partition coefficient (Wildman–Crippen LogP) is 5.11. The van der Waals surface area contributed by atoms with Crippen LogP contribution in [0.2, 0.25) is 0 Å². The van der Waals surface area contributed by atoms with Gasteiger partial charge in [0.05, 0.1) is 12.7 Å². The number of pyridine rings is 2. The van der Waals surface area contributed by atoms with E-state index < -0.39 is 15.9 Å². The predicted molar refractivity (Wildman–Crippen MR) is 154 cm³/mol. The van der Waals surface area contributed by atoms with E-state index in [-0.39, 0.29) is 34.0 Å². The number of hydrogen-bond acceptors (Lipinski definition) is 8. The molecule has 9 nitrogen and oxygen atoms in total. The molecule has 1 fully saturated rings. The summed E-state index contributed by atoms with van der Waals surface area (Å²) in [7, 11) is -2.70. The van der Waals surface area contributed by atoms with Crippen LogP contribution in [0.25, 0.3) is 0 Å². The van der Waals surface area contributed by atoms with Crippen molar-refractivity contribution in [2.75, 3.05) is 18.6 Å². The minimum Gasteiger partial charge on any atom is -0.497 e. The van der Waals surface area contributed by atoms with Crippen molar-refractivity contribution in [3.8, 4) is 11.6 Å². The Balaban J connectivity index is 1.58. The molecule has 0 spiro atoms. The summed E-state index contributed by atoms with van der Waals surface area (Å²) < 4.78 is 39.6. The molecule has 0 aliphatic carbocycles. The Bertz CT molecular complexity index is 1480. The summed E-state index contributed by atoms with van der Waals surface area (Å²) in [6.07, 6.45) is 0.932. The third-order valence-corrected chi connectivity index (χ3v) is 8.20. The number of aromatic nitrogens is 2. The van der Waals surface area contributed by atoms with Crippen molar-refractivity contribution in [1.29, 1.82) is 0 Å².